The zero-order valence-corrected chi connectivity index (χ0v) is 12.0. The standard InChI is InChI=1S/C16H20FNO3/c1-10(11-5-4-6-12(17)9-11)18-15(19)13-7-2-3-8-14(13)16(20)21/h4-6,9-10,13-14H,2-3,7-8H2,1H3,(H,18,19)(H,20,21). The number of aliphatic carboxylic acids is 1. The van der Waals surface area contributed by atoms with Gasteiger partial charge in [-0.3, -0.25) is 9.59 Å². The van der Waals surface area contributed by atoms with Crippen LogP contribution in [0, 0.1) is 17.7 Å². The SMILES string of the molecule is CC(NC(=O)C1CCCCC1C(=O)O)c1cccc(F)c1. The summed E-state index contributed by atoms with van der Waals surface area (Å²) >= 11 is 0. The van der Waals surface area contributed by atoms with Gasteiger partial charge in [0.25, 0.3) is 0 Å². The average molecular weight is 293 g/mol. The molecular weight excluding hydrogens is 273 g/mol. The summed E-state index contributed by atoms with van der Waals surface area (Å²) in [4.78, 5) is 23.6. The van der Waals surface area contributed by atoms with Gasteiger partial charge < -0.3 is 10.4 Å². The maximum Gasteiger partial charge on any atom is 0.307 e. The molecule has 0 radical (unpaired) electrons. The molecule has 0 aliphatic heterocycles. The average Bonchev–Trinajstić information content (AvgIpc) is 2.47. The van der Waals surface area contributed by atoms with Crippen LogP contribution < -0.4 is 5.32 Å². The molecule has 2 N–H and O–H groups in total. The highest BCUT2D eigenvalue weighted by atomic mass is 19.1. The second-order valence-electron chi connectivity index (χ2n) is 5.62. The molecule has 2 rings (SSSR count). The number of carboxylic acids is 1. The topological polar surface area (TPSA) is 66.4 Å². The molecule has 21 heavy (non-hydrogen) atoms. The molecule has 0 bridgehead atoms. The van der Waals surface area contributed by atoms with E-state index in [4.69, 9.17) is 0 Å². The van der Waals surface area contributed by atoms with E-state index in [1.165, 1.54) is 12.1 Å². The molecule has 3 unspecified atom stereocenters. The van der Waals surface area contributed by atoms with E-state index in [0.717, 1.165) is 12.8 Å². The van der Waals surface area contributed by atoms with Crippen LogP contribution in [0.2, 0.25) is 0 Å². The predicted octanol–water partition coefficient (Wildman–Crippen LogP) is 2.89. The molecule has 1 aromatic carbocycles. The van der Waals surface area contributed by atoms with Crippen molar-refractivity contribution in [3.8, 4) is 0 Å². The van der Waals surface area contributed by atoms with Crippen LogP contribution in [0.5, 0.6) is 0 Å². The molecule has 114 valence electrons. The summed E-state index contributed by atoms with van der Waals surface area (Å²) in [5.74, 6) is -2.62. The van der Waals surface area contributed by atoms with Crippen molar-refractivity contribution in [1.82, 2.24) is 5.32 Å². The Bertz CT molecular complexity index is 532. The summed E-state index contributed by atoms with van der Waals surface area (Å²) in [6, 6.07) is 5.71. The molecule has 1 aromatic rings. The molecular formula is C16H20FNO3. The Balaban J connectivity index is 2.04. The van der Waals surface area contributed by atoms with Crippen molar-refractivity contribution in [2.75, 3.05) is 0 Å². The first-order valence-electron chi connectivity index (χ1n) is 7.27. The molecule has 0 saturated heterocycles. The Kier molecular flexibility index (Phi) is 4.94. The van der Waals surface area contributed by atoms with Gasteiger partial charge in [-0.2, -0.15) is 0 Å². The quantitative estimate of drug-likeness (QED) is 0.897. The van der Waals surface area contributed by atoms with Crippen LogP contribution in [0.15, 0.2) is 24.3 Å². The zero-order chi connectivity index (χ0) is 15.4. The van der Waals surface area contributed by atoms with Gasteiger partial charge in [-0.15, -0.1) is 0 Å². The number of carboxylic acid groups (broad SMARTS) is 1. The lowest BCUT2D eigenvalue weighted by Gasteiger charge is -2.28. The summed E-state index contributed by atoms with van der Waals surface area (Å²) in [5.41, 5.74) is 0.672. The molecule has 1 amide bonds. The van der Waals surface area contributed by atoms with Crippen molar-refractivity contribution in [1.29, 1.82) is 0 Å². The molecule has 0 heterocycles. The fraction of sp³-hybridized carbons (Fsp3) is 0.500. The minimum Gasteiger partial charge on any atom is -0.481 e. The summed E-state index contributed by atoms with van der Waals surface area (Å²) in [6.45, 7) is 1.77. The second-order valence-corrected chi connectivity index (χ2v) is 5.62. The van der Waals surface area contributed by atoms with Gasteiger partial charge in [-0.25, -0.2) is 4.39 Å². The Morgan fingerprint density at radius 3 is 2.57 bits per heavy atom. The number of benzene rings is 1. The summed E-state index contributed by atoms with van der Waals surface area (Å²) in [5, 5.41) is 12.0. The van der Waals surface area contributed by atoms with Gasteiger partial charge in [0.1, 0.15) is 5.82 Å². The van der Waals surface area contributed by atoms with Crippen molar-refractivity contribution in [2.24, 2.45) is 11.8 Å². The zero-order valence-electron chi connectivity index (χ0n) is 12.0. The van der Waals surface area contributed by atoms with E-state index in [0.29, 0.717) is 18.4 Å². The minimum absolute atomic E-state index is 0.251. The first-order valence-corrected chi connectivity index (χ1v) is 7.27. The van der Waals surface area contributed by atoms with Gasteiger partial charge in [0.2, 0.25) is 5.91 Å². The normalized spacial score (nSPS) is 23.3. The molecule has 0 aromatic heterocycles. The number of nitrogens with one attached hydrogen (secondary N) is 1. The van der Waals surface area contributed by atoms with E-state index in [-0.39, 0.29) is 17.8 Å². The minimum atomic E-state index is -0.909. The number of carbonyl (C=O) groups excluding carboxylic acids is 1. The van der Waals surface area contributed by atoms with Crippen LogP contribution in [0.25, 0.3) is 0 Å². The summed E-state index contributed by atoms with van der Waals surface area (Å²) in [7, 11) is 0. The lowest BCUT2D eigenvalue weighted by Crippen LogP contribution is -2.40. The number of carbonyl (C=O) groups is 2. The fourth-order valence-electron chi connectivity index (χ4n) is 2.92. The Labute approximate surface area is 123 Å². The van der Waals surface area contributed by atoms with Crippen molar-refractivity contribution < 1.29 is 19.1 Å². The third-order valence-corrected chi connectivity index (χ3v) is 4.13. The van der Waals surface area contributed by atoms with Crippen LogP contribution in [0.1, 0.15) is 44.2 Å². The van der Waals surface area contributed by atoms with E-state index in [1.54, 1.807) is 19.1 Å². The lowest BCUT2D eigenvalue weighted by molar-refractivity contribution is -0.149. The number of rotatable bonds is 4. The highest BCUT2D eigenvalue weighted by Crippen LogP contribution is 2.31. The van der Waals surface area contributed by atoms with Crippen molar-refractivity contribution in [2.45, 2.75) is 38.6 Å². The molecule has 0 spiro atoms. The molecule has 1 aliphatic rings. The maximum absolute atomic E-state index is 13.2. The third-order valence-electron chi connectivity index (χ3n) is 4.13. The van der Waals surface area contributed by atoms with Crippen LogP contribution in [0.3, 0.4) is 0 Å². The highest BCUT2D eigenvalue weighted by molar-refractivity contribution is 5.85. The van der Waals surface area contributed by atoms with E-state index in [2.05, 4.69) is 5.32 Å². The van der Waals surface area contributed by atoms with E-state index < -0.39 is 17.8 Å². The smallest absolute Gasteiger partial charge is 0.307 e. The van der Waals surface area contributed by atoms with E-state index in [1.807, 2.05) is 0 Å². The summed E-state index contributed by atoms with van der Waals surface area (Å²) in [6.07, 6.45) is 2.86. The van der Waals surface area contributed by atoms with Gasteiger partial charge in [0.05, 0.1) is 17.9 Å². The Morgan fingerprint density at radius 2 is 1.95 bits per heavy atom. The fourth-order valence-corrected chi connectivity index (χ4v) is 2.92. The van der Waals surface area contributed by atoms with Crippen molar-refractivity contribution in [3.05, 3.63) is 35.6 Å². The van der Waals surface area contributed by atoms with Gasteiger partial charge in [-0.1, -0.05) is 25.0 Å². The number of hydrogen-bond acceptors (Lipinski definition) is 2. The first-order chi connectivity index (χ1) is 9.99. The van der Waals surface area contributed by atoms with Crippen LogP contribution in [-0.2, 0) is 9.59 Å². The Hall–Kier alpha value is -1.91. The lowest BCUT2D eigenvalue weighted by atomic mass is 9.78. The number of halogens is 1. The van der Waals surface area contributed by atoms with Gasteiger partial charge in [-0.05, 0) is 37.5 Å². The molecule has 1 aliphatic carbocycles. The van der Waals surface area contributed by atoms with Gasteiger partial charge >= 0.3 is 5.97 Å². The third kappa shape index (κ3) is 3.80. The monoisotopic (exact) mass is 293 g/mol. The van der Waals surface area contributed by atoms with Gasteiger partial charge in [0.15, 0.2) is 0 Å². The predicted molar refractivity (Wildman–Crippen MR) is 76.0 cm³/mol. The highest BCUT2D eigenvalue weighted by Gasteiger charge is 2.36. The summed E-state index contributed by atoms with van der Waals surface area (Å²) < 4.78 is 13.2. The number of hydrogen-bond donors (Lipinski definition) is 2. The molecule has 1 fully saturated rings. The van der Waals surface area contributed by atoms with E-state index >= 15 is 0 Å². The Morgan fingerprint density at radius 1 is 1.29 bits per heavy atom. The maximum atomic E-state index is 13.2. The largest absolute Gasteiger partial charge is 0.481 e. The molecule has 1 saturated carbocycles. The van der Waals surface area contributed by atoms with Crippen LogP contribution in [-0.4, -0.2) is 17.0 Å². The molecule has 5 heteroatoms. The number of amides is 1. The van der Waals surface area contributed by atoms with Crippen molar-refractivity contribution in [3.63, 3.8) is 0 Å². The molecule has 4 nitrogen and oxygen atoms in total. The van der Waals surface area contributed by atoms with E-state index in [9.17, 15) is 19.1 Å². The first kappa shape index (κ1) is 15.5. The van der Waals surface area contributed by atoms with Crippen molar-refractivity contribution >= 4 is 11.9 Å². The van der Waals surface area contributed by atoms with Gasteiger partial charge in [0, 0.05) is 0 Å². The molecule has 3 atom stereocenters. The second kappa shape index (κ2) is 6.70. The van der Waals surface area contributed by atoms with Crippen LogP contribution in [0.4, 0.5) is 4.39 Å². The van der Waals surface area contributed by atoms with Crippen LogP contribution >= 0.6 is 0 Å².